The molecule has 3 nitrogen and oxygen atoms in total. The van der Waals surface area contributed by atoms with Gasteiger partial charge in [0.05, 0.1) is 5.69 Å². The van der Waals surface area contributed by atoms with Crippen LogP contribution >= 0.6 is 0 Å². The molecule has 0 unspecified atom stereocenters. The van der Waals surface area contributed by atoms with Crippen molar-refractivity contribution >= 4 is 52.4 Å². The maximum atomic E-state index is 11.4. The summed E-state index contributed by atoms with van der Waals surface area (Å²) in [4.78, 5) is 13.7. The molecule has 0 heterocycles. The van der Waals surface area contributed by atoms with Crippen molar-refractivity contribution in [3.63, 3.8) is 0 Å². The summed E-state index contributed by atoms with van der Waals surface area (Å²) in [6.07, 6.45) is 11.5. The first-order valence-electron chi connectivity index (χ1n) is 22.0. The third kappa shape index (κ3) is 10.3. The molecule has 3 heteroatoms. The Kier molecular flexibility index (Phi) is 14.0. The largest absolute Gasteiger partial charge is 0.478 e. The second-order valence-corrected chi connectivity index (χ2v) is 16.0. The number of aliphatic carboxylic acids is 1. The second kappa shape index (κ2) is 20.1. The molecule has 0 radical (unpaired) electrons. The van der Waals surface area contributed by atoms with Crippen LogP contribution in [0.25, 0.3) is 29.4 Å². The first kappa shape index (κ1) is 43.1. The van der Waals surface area contributed by atoms with Crippen LogP contribution < -0.4 is 4.90 Å². The van der Waals surface area contributed by atoms with Gasteiger partial charge in [-0.3, -0.25) is 0 Å². The van der Waals surface area contributed by atoms with Gasteiger partial charge >= 0.3 is 5.97 Å². The lowest BCUT2D eigenvalue weighted by atomic mass is 9.93. The maximum absolute atomic E-state index is 11.4. The zero-order valence-electron chi connectivity index (χ0n) is 37.0. The monoisotopic (exact) mass is 811 g/mol. The predicted molar refractivity (Wildman–Crippen MR) is 264 cm³/mol. The average molecular weight is 812 g/mol. The molecule has 310 valence electrons. The molecule has 1 N–H and O–H groups in total. The van der Waals surface area contributed by atoms with E-state index in [0.29, 0.717) is 0 Å². The lowest BCUT2D eigenvalue weighted by Crippen LogP contribution is -2.13. The molecule has 0 aliphatic carbocycles. The van der Waals surface area contributed by atoms with Crippen LogP contribution in [0.4, 0.5) is 17.1 Å². The molecule has 0 saturated heterocycles. The summed E-state index contributed by atoms with van der Waals surface area (Å²) >= 11 is 0. The highest BCUT2D eigenvalue weighted by Gasteiger charge is 2.18. The number of rotatable bonds is 15. The first-order chi connectivity index (χ1) is 30.2. The summed E-state index contributed by atoms with van der Waals surface area (Å²) in [7, 11) is 0. The van der Waals surface area contributed by atoms with E-state index in [9.17, 15) is 9.90 Å². The van der Waals surface area contributed by atoms with Gasteiger partial charge in [0.15, 0.2) is 0 Å². The first-order valence-corrected chi connectivity index (χ1v) is 22.0. The summed E-state index contributed by atoms with van der Waals surface area (Å²) in [6, 6.07) is 57.5. The van der Waals surface area contributed by atoms with Crippen LogP contribution in [0.3, 0.4) is 0 Å². The van der Waals surface area contributed by atoms with Gasteiger partial charge in [-0.25, -0.2) is 4.79 Å². The summed E-state index contributed by atoms with van der Waals surface area (Å²) in [5.74, 6) is -0.965. The Bertz CT molecular complexity index is 2420. The van der Waals surface area contributed by atoms with Crippen molar-refractivity contribution in [3.8, 4) is 0 Å². The molecule has 0 aromatic heterocycles. The van der Waals surface area contributed by atoms with Crippen molar-refractivity contribution in [3.05, 3.63) is 236 Å². The number of carboxylic acid groups (broad SMARTS) is 1. The van der Waals surface area contributed by atoms with Crippen LogP contribution in [0.1, 0.15) is 100 Å². The van der Waals surface area contributed by atoms with Crippen LogP contribution in [0.2, 0.25) is 0 Å². The standard InChI is InChI=1S/C59H57NO2/c1-7-43-11-24-50(25-12-43)56(51-26-13-44(8-2)14-27-51)39-47-19-32-54(33-20-47)60(59-41(5)37-49(38-42(59)6)23-36-58(61)62)55-34-21-48(22-35-55)40-57(52-28-15-45(9-3)16-29-52)53-30-17-46(10-4)18-31-53/h11-40H,7-10H2,1-6H3,(H,61,62). The van der Waals surface area contributed by atoms with Crippen LogP contribution in [0.15, 0.2) is 164 Å². The molecular weight excluding hydrogens is 755 g/mol. The highest BCUT2D eigenvalue weighted by Crippen LogP contribution is 2.40. The van der Waals surface area contributed by atoms with Gasteiger partial charge in [0.2, 0.25) is 0 Å². The lowest BCUT2D eigenvalue weighted by Gasteiger charge is -2.29. The van der Waals surface area contributed by atoms with Crippen molar-refractivity contribution in [2.24, 2.45) is 0 Å². The SMILES string of the molecule is CCc1ccc(C(=Cc2ccc(N(c3ccc(C=C(c4ccc(CC)cc4)c4ccc(CC)cc4)cc3)c3c(C)cc(C=CC(=O)O)cc3C)cc2)c2ccc(CC)cc2)cc1. The van der Waals surface area contributed by atoms with E-state index in [4.69, 9.17) is 0 Å². The minimum atomic E-state index is -0.965. The minimum Gasteiger partial charge on any atom is -0.478 e. The second-order valence-electron chi connectivity index (χ2n) is 16.0. The van der Waals surface area contributed by atoms with Gasteiger partial charge in [0.1, 0.15) is 0 Å². The quantitative estimate of drug-likeness (QED) is 0.0828. The van der Waals surface area contributed by atoms with E-state index in [1.165, 1.54) is 61.7 Å². The van der Waals surface area contributed by atoms with E-state index >= 15 is 0 Å². The van der Waals surface area contributed by atoms with Gasteiger partial charge in [-0.05, 0) is 178 Å². The normalized spacial score (nSPS) is 11.1. The Morgan fingerprint density at radius 3 is 1.03 bits per heavy atom. The fourth-order valence-corrected chi connectivity index (χ4v) is 8.13. The zero-order chi connectivity index (χ0) is 43.6. The molecule has 0 spiro atoms. The maximum Gasteiger partial charge on any atom is 0.328 e. The summed E-state index contributed by atoms with van der Waals surface area (Å²) < 4.78 is 0. The lowest BCUT2D eigenvalue weighted by molar-refractivity contribution is -0.131. The van der Waals surface area contributed by atoms with Crippen molar-refractivity contribution in [2.75, 3.05) is 4.90 Å². The summed E-state index contributed by atoms with van der Waals surface area (Å²) in [5, 5.41) is 9.35. The van der Waals surface area contributed by atoms with Crippen molar-refractivity contribution in [1.82, 2.24) is 0 Å². The van der Waals surface area contributed by atoms with Gasteiger partial charge in [0.25, 0.3) is 0 Å². The van der Waals surface area contributed by atoms with Crippen molar-refractivity contribution in [1.29, 1.82) is 0 Å². The summed E-state index contributed by atoms with van der Waals surface area (Å²) in [5.41, 5.74) is 20.7. The number of carbonyl (C=O) groups is 1. The number of carboxylic acids is 1. The topological polar surface area (TPSA) is 40.5 Å². The van der Waals surface area contributed by atoms with Crippen LogP contribution in [-0.4, -0.2) is 11.1 Å². The molecule has 0 bridgehead atoms. The Balaban J connectivity index is 1.31. The van der Waals surface area contributed by atoms with E-state index in [0.717, 1.165) is 70.6 Å². The number of nitrogens with zero attached hydrogens (tertiary/aromatic N) is 1. The average Bonchev–Trinajstić information content (AvgIpc) is 3.31. The predicted octanol–water partition coefficient (Wildman–Crippen LogP) is 15.3. The van der Waals surface area contributed by atoms with Crippen molar-refractivity contribution < 1.29 is 9.90 Å². The third-order valence-electron chi connectivity index (χ3n) is 11.8. The summed E-state index contributed by atoms with van der Waals surface area (Å²) in [6.45, 7) is 13.0. The minimum absolute atomic E-state index is 0.852. The van der Waals surface area contributed by atoms with E-state index in [2.05, 4.69) is 216 Å². The molecule has 7 aromatic rings. The molecule has 0 atom stereocenters. The molecule has 7 aromatic carbocycles. The molecule has 0 fully saturated rings. The Labute approximate surface area is 369 Å². The Morgan fingerprint density at radius 2 is 0.758 bits per heavy atom. The van der Waals surface area contributed by atoms with Gasteiger partial charge in [-0.2, -0.15) is 0 Å². The van der Waals surface area contributed by atoms with E-state index < -0.39 is 5.97 Å². The van der Waals surface area contributed by atoms with Gasteiger partial charge in [-0.1, -0.05) is 149 Å². The number of anilines is 3. The number of aryl methyl sites for hydroxylation is 6. The molecule has 0 aliphatic rings. The van der Waals surface area contributed by atoms with Crippen LogP contribution in [-0.2, 0) is 30.5 Å². The molecule has 0 aliphatic heterocycles. The van der Waals surface area contributed by atoms with Gasteiger partial charge < -0.3 is 10.0 Å². The highest BCUT2D eigenvalue weighted by molar-refractivity contribution is 5.93. The van der Waals surface area contributed by atoms with Crippen LogP contribution in [0.5, 0.6) is 0 Å². The number of benzene rings is 7. The fraction of sp³-hybridized carbons (Fsp3) is 0.169. The molecule has 62 heavy (non-hydrogen) atoms. The number of hydrogen-bond donors (Lipinski definition) is 1. The van der Waals surface area contributed by atoms with E-state index in [-0.39, 0.29) is 0 Å². The Hall–Kier alpha value is -6.97. The molecule has 0 saturated carbocycles. The van der Waals surface area contributed by atoms with E-state index in [1.807, 2.05) is 0 Å². The van der Waals surface area contributed by atoms with Gasteiger partial charge in [-0.15, -0.1) is 0 Å². The molecule has 0 amide bonds. The third-order valence-corrected chi connectivity index (χ3v) is 11.8. The highest BCUT2D eigenvalue weighted by atomic mass is 16.4. The smallest absolute Gasteiger partial charge is 0.328 e. The zero-order valence-corrected chi connectivity index (χ0v) is 37.0. The van der Waals surface area contributed by atoms with Crippen LogP contribution in [0, 0.1) is 13.8 Å². The molecule has 7 rings (SSSR count). The van der Waals surface area contributed by atoms with Gasteiger partial charge in [0, 0.05) is 17.5 Å². The molecular formula is C59H57NO2. The number of hydrogen-bond acceptors (Lipinski definition) is 2. The Morgan fingerprint density at radius 1 is 0.452 bits per heavy atom. The van der Waals surface area contributed by atoms with E-state index in [1.54, 1.807) is 6.08 Å². The fourth-order valence-electron chi connectivity index (χ4n) is 8.13. The van der Waals surface area contributed by atoms with Crippen molar-refractivity contribution in [2.45, 2.75) is 67.2 Å².